The molecule has 0 fully saturated rings. The van der Waals surface area contributed by atoms with Crippen molar-refractivity contribution in [1.29, 1.82) is 0 Å². The average molecular weight is 276 g/mol. The van der Waals surface area contributed by atoms with E-state index in [1.807, 2.05) is 32.0 Å². The molecule has 0 aliphatic heterocycles. The van der Waals surface area contributed by atoms with Crippen LogP contribution in [0.5, 0.6) is 0 Å². The molecule has 0 aliphatic rings. The number of thiazole rings is 1. The summed E-state index contributed by atoms with van der Waals surface area (Å²) in [5.41, 5.74) is 2.33. The lowest BCUT2D eigenvalue weighted by Crippen LogP contribution is -2.33. The third-order valence-corrected chi connectivity index (χ3v) is 4.17. The first-order chi connectivity index (χ1) is 9.19. The minimum absolute atomic E-state index is 0.0872. The average Bonchev–Trinajstić information content (AvgIpc) is 2.74. The molecule has 0 bridgehead atoms. The van der Waals surface area contributed by atoms with Crippen LogP contribution >= 0.6 is 11.3 Å². The van der Waals surface area contributed by atoms with Crippen LogP contribution in [-0.2, 0) is 13.0 Å². The first-order valence-electron chi connectivity index (χ1n) is 6.50. The van der Waals surface area contributed by atoms with Gasteiger partial charge in [0.05, 0.1) is 17.3 Å². The van der Waals surface area contributed by atoms with Gasteiger partial charge in [0, 0.05) is 17.5 Å². The lowest BCUT2D eigenvalue weighted by Gasteiger charge is -2.16. The van der Waals surface area contributed by atoms with Crippen molar-refractivity contribution in [2.45, 2.75) is 32.9 Å². The third kappa shape index (κ3) is 4.13. The molecule has 0 spiro atoms. The minimum atomic E-state index is 0.0872. The number of nitrogens with one attached hydrogen (secondary N) is 1. The summed E-state index contributed by atoms with van der Waals surface area (Å²) in [5.74, 6) is 0. The first kappa shape index (κ1) is 14.2. The largest absolute Gasteiger partial charge is 0.395 e. The van der Waals surface area contributed by atoms with Crippen LogP contribution in [0, 0.1) is 13.8 Å². The number of nitrogens with zero attached hydrogens (tertiary/aromatic N) is 1. The van der Waals surface area contributed by atoms with Crippen LogP contribution in [0.3, 0.4) is 0 Å². The summed E-state index contributed by atoms with van der Waals surface area (Å²) in [5, 5.41) is 14.0. The highest BCUT2D eigenvalue weighted by Crippen LogP contribution is 2.17. The number of hydrogen-bond donors (Lipinski definition) is 2. The molecule has 0 radical (unpaired) electrons. The van der Waals surface area contributed by atoms with Gasteiger partial charge in [0.25, 0.3) is 0 Å². The van der Waals surface area contributed by atoms with E-state index in [0.29, 0.717) is 0 Å². The summed E-state index contributed by atoms with van der Waals surface area (Å²) in [6, 6.07) is 10.3. The summed E-state index contributed by atoms with van der Waals surface area (Å²) in [6.45, 7) is 4.97. The highest BCUT2D eigenvalue weighted by atomic mass is 32.1. The van der Waals surface area contributed by atoms with Crippen LogP contribution in [0.2, 0.25) is 0 Å². The zero-order valence-corrected chi connectivity index (χ0v) is 12.2. The SMILES string of the molecule is Cc1nc(C)c(CNC(CO)Cc2ccccc2)s1. The Morgan fingerprint density at radius 2 is 2.00 bits per heavy atom. The van der Waals surface area contributed by atoms with Crippen molar-refractivity contribution < 1.29 is 5.11 Å². The Bertz CT molecular complexity index is 510. The first-order valence-corrected chi connectivity index (χ1v) is 7.31. The lowest BCUT2D eigenvalue weighted by molar-refractivity contribution is 0.241. The normalized spacial score (nSPS) is 12.6. The molecule has 2 aromatic rings. The van der Waals surface area contributed by atoms with Gasteiger partial charge in [-0.2, -0.15) is 0 Å². The fourth-order valence-corrected chi connectivity index (χ4v) is 2.96. The molecular weight excluding hydrogens is 256 g/mol. The Morgan fingerprint density at radius 3 is 2.58 bits per heavy atom. The van der Waals surface area contributed by atoms with E-state index < -0.39 is 0 Å². The maximum absolute atomic E-state index is 9.47. The van der Waals surface area contributed by atoms with Gasteiger partial charge < -0.3 is 10.4 Å². The van der Waals surface area contributed by atoms with E-state index in [0.717, 1.165) is 23.7 Å². The van der Waals surface area contributed by atoms with Crippen molar-refractivity contribution in [2.75, 3.05) is 6.61 Å². The Labute approximate surface area is 118 Å². The Hall–Kier alpha value is -1.23. The molecule has 19 heavy (non-hydrogen) atoms. The summed E-state index contributed by atoms with van der Waals surface area (Å²) in [7, 11) is 0. The van der Waals surface area contributed by atoms with E-state index in [1.54, 1.807) is 11.3 Å². The van der Waals surface area contributed by atoms with Gasteiger partial charge in [-0.25, -0.2) is 4.98 Å². The van der Waals surface area contributed by atoms with Crippen molar-refractivity contribution in [1.82, 2.24) is 10.3 Å². The van der Waals surface area contributed by atoms with E-state index in [1.165, 1.54) is 10.4 Å². The smallest absolute Gasteiger partial charge is 0.0900 e. The van der Waals surface area contributed by atoms with Gasteiger partial charge in [-0.1, -0.05) is 30.3 Å². The fraction of sp³-hybridized carbons (Fsp3) is 0.400. The van der Waals surface area contributed by atoms with E-state index >= 15 is 0 Å². The van der Waals surface area contributed by atoms with Crippen LogP contribution < -0.4 is 5.32 Å². The second-order valence-corrected chi connectivity index (χ2v) is 5.98. The van der Waals surface area contributed by atoms with Crippen LogP contribution in [0.4, 0.5) is 0 Å². The molecule has 0 saturated carbocycles. The van der Waals surface area contributed by atoms with Crippen molar-refractivity contribution in [3.05, 3.63) is 51.5 Å². The van der Waals surface area contributed by atoms with Crippen LogP contribution in [0.25, 0.3) is 0 Å². The van der Waals surface area contributed by atoms with Gasteiger partial charge in [-0.05, 0) is 25.8 Å². The van der Waals surface area contributed by atoms with E-state index in [4.69, 9.17) is 0 Å². The van der Waals surface area contributed by atoms with Crippen molar-refractivity contribution in [3.8, 4) is 0 Å². The highest BCUT2D eigenvalue weighted by molar-refractivity contribution is 7.11. The van der Waals surface area contributed by atoms with Crippen molar-refractivity contribution in [3.63, 3.8) is 0 Å². The van der Waals surface area contributed by atoms with Gasteiger partial charge in [-0.15, -0.1) is 11.3 Å². The number of aromatic nitrogens is 1. The van der Waals surface area contributed by atoms with Crippen molar-refractivity contribution in [2.24, 2.45) is 0 Å². The second-order valence-electron chi connectivity index (χ2n) is 4.69. The number of benzene rings is 1. The number of aliphatic hydroxyl groups excluding tert-OH is 1. The molecule has 1 aromatic heterocycles. The van der Waals surface area contributed by atoms with Crippen LogP contribution in [-0.4, -0.2) is 22.7 Å². The van der Waals surface area contributed by atoms with Crippen LogP contribution in [0.15, 0.2) is 30.3 Å². The van der Waals surface area contributed by atoms with E-state index in [-0.39, 0.29) is 12.6 Å². The predicted octanol–water partition coefficient (Wildman–Crippen LogP) is 2.45. The molecular formula is C15H20N2OS. The molecule has 3 nitrogen and oxygen atoms in total. The fourth-order valence-electron chi connectivity index (χ4n) is 2.07. The van der Waals surface area contributed by atoms with Gasteiger partial charge >= 0.3 is 0 Å². The van der Waals surface area contributed by atoms with Gasteiger partial charge in [-0.3, -0.25) is 0 Å². The van der Waals surface area contributed by atoms with Gasteiger partial charge in [0.15, 0.2) is 0 Å². The predicted molar refractivity (Wildman–Crippen MR) is 79.4 cm³/mol. The molecule has 0 saturated heterocycles. The lowest BCUT2D eigenvalue weighted by atomic mass is 10.1. The Kier molecular flexibility index (Phi) is 5.07. The molecule has 2 N–H and O–H groups in total. The number of aryl methyl sites for hydroxylation is 2. The summed E-state index contributed by atoms with van der Waals surface area (Å²) >= 11 is 1.72. The summed E-state index contributed by atoms with van der Waals surface area (Å²) < 4.78 is 0. The number of aliphatic hydroxyl groups is 1. The van der Waals surface area contributed by atoms with Gasteiger partial charge in [0.2, 0.25) is 0 Å². The second kappa shape index (κ2) is 6.80. The molecule has 0 aliphatic carbocycles. The van der Waals surface area contributed by atoms with Crippen molar-refractivity contribution >= 4 is 11.3 Å². The van der Waals surface area contributed by atoms with Crippen LogP contribution in [0.1, 0.15) is 21.1 Å². The maximum Gasteiger partial charge on any atom is 0.0900 e. The molecule has 0 amide bonds. The monoisotopic (exact) mass is 276 g/mol. The number of rotatable bonds is 6. The quantitative estimate of drug-likeness (QED) is 0.852. The topological polar surface area (TPSA) is 45.2 Å². The van der Waals surface area contributed by atoms with Gasteiger partial charge in [0.1, 0.15) is 0 Å². The zero-order valence-electron chi connectivity index (χ0n) is 11.4. The molecule has 2 rings (SSSR count). The summed E-state index contributed by atoms with van der Waals surface area (Å²) in [6.07, 6.45) is 0.841. The molecule has 1 aromatic carbocycles. The number of hydrogen-bond acceptors (Lipinski definition) is 4. The summed E-state index contributed by atoms with van der Waals surface area (Å²) in [4.78, 5) is 5.67. The molecule has 1 heterocycles. The highest BCUT2D eigenvalue weighted by Gasteiger charge is 2.10. The van der Waals surface area contributed by atoms with E-state index in [9.17, 15) is 5.11 Å². The molecule has 1 atom stereocenters. The van der Waals surface area contributed by atoms with E-state index in [2.05, 4.69) is 22.4 Å². The molecule has 102 valence electrons. The maximum atomic E-state index is 9.47. The zero-order chi connectivity index (χ0) is 13.7. The molecule has 1 unspecified atom stereocenters. The molecule has 4 heteroatoms. The Morgan fingerprint density at radius 1 is 1.26 bits per heavy atom. The Balaban J connectivity index is 1.91. The minimum Gasteiger partial charge on any atom is -0.395 e. The third-order valence-electron chi connectivity index (χ3n) is 3.10. The standard InChI is InChI=1S/C15H20N2OS/c1-11-15(19-12(2)17-11)9-16-14(10-18)8-13-6-4-3-5-7-13/h3-7,14,16,18H,8-10H2,1-2H3.